The number of nitrogens with zero attached hydrogens (tertiary/aromatic N) is 5. The van der Waals surface area contributed by atoms with Crippen molar-refractivity contribution in [1.29, 1.82) is 0 Å². The zero-order chi connectivity index (χ0) is 24.4. The first-order valence-corrected chi connectivity index (χ1v) is 14.0. The largest absolute Gasteiger partial charge is 0.447 e. The zero-order valence-electron chi connectivity index (χ0n) is 20.0. The lowest BCUT2D eigenvalue weighted by Gasteiger charge is -2.35. The van der Waals surface area contributed by atoms with E-state index in [0.717, 1.165) is 51.6 Å². The van der Waals surface area contributed by atoms with Crippen molar-refractivity contribution >= 4 is 45.3 Å². The molecule has 1 aromatic carbocycles. The molecule has 0 radical (unpaired) electrons. The van der Waals surface area contributed by atoms with Crippen LogP contribution in [0, 0.1) is 5.92 Å². The van der Waals surface area contributed by atoms with E-state index < -0.39 is 0 Å². The maximum absolute atomic E-state index is 13.1. The average Bonchev–Trinajstić information content (AvgIpc) is 3.48. The first-order chi connectivity index (χ1) is 17.0. The Morgan fingerprint density at radius 3 is 2.83 bits per heavy atom. The van der Waals surface area contributed by atoms with Crippen molar-refractivity contribution in [3.05, 3.63) is 47.0 Å². The minimum atomic E-state index is -0.270. The molecule has 2 aliphatic rings. The molecule has 1 unspecified atom stereocenters. The highest BCUT2D eigenvalue weighted by Gasteiger charge is 2.38. The van der Waals surface area contributed by atoms with E-state index in [2.05, 4.69) is 16.9 Å². The summed E-state index contributed by atoms with van der Waals surface area (Å²) in [5.41, 5.74) is 1.61. The molecule has 10 heteroatoms. The molecule has 2 atom stereocenters. The second kappa shape index (κ2) is 10.5. The Morgan fingerprint density at radius 2 is 2.03 bits per heavy atom. The molecule has 2 fully saturated rings. The third kappa shape index (κ3) is 5.43. The molecule has 35 heavy (non-hydrogen) atoms. The number of fused-ring (bicyclic) bond motifs is 2. The molecular weight excluding hydrogens is 482 g/mol. The number of benzene rings is 1. The van der Waals surface area contributed by atoms with Crippen LogP contribution in [0.1, 0.15) is 41.0 Å². The van der Waals surface area contributed by atoms with Gasteiger partial charge in [-0.2, -0.15) is 0 Å². The van der Waals surface area contributed by atoms with E-state index in [1.165, 1.54) is 0 Å². The van der Waals surface area contributed by atoms with Gasteiger partial charge in [-0.15, -0.1) is 23.1 Å². The van der Waals surface area contributed by atoms with Crippen molar-refractivity contribution in [2.45, 2.75) is 43.5 Å². The Labute approximate surface area is 213 Å². The maximum atomic E-state index is 13.1. The molecule has 184 valence electrons. The number of carbonyl (C=O) groups excluding carboxylic acids is 2. The molecular formula is C25H29N5O3S2. The molecule has 2 saturated heterocycles. The van der Waals surface area contributed by atoms with Gasteiger partial charge < -0.3 is 9.64 Å². The summed E-state index contributed by atoms with van der Waals surface area (Å²) < 4.78 is 6.16. The lowest BCUT2D eigenvalue weighted by Crippen LogP contribution is -2.53. The lowest BCUT2D eigenvalue weighted by atomic mass is 10.00. The van der Waals surface area contributed by atoms with Gasteiger partial charge in [-0.3, -0.25) is 9.69 Å². The van der Waals surface area contributed by atoms with E-state index in [9.17, 15) is 9.59 Å². The Balaban J connectivity index is 1.15. The standard InChI is InChI=1S/C25H29N5O3S2/c1-16(3-7-22-26-12-19(34-2)13-27-22)4-8-23-28-20-6-5-17(11-21(20)35-23)24(31)29-9-10-30-18(14-29)15-33-25(30)32/h5-6,11-13,16,18H,3-4,7-10,14-15H2,1-2H3/t16-,18?/m0/s1. The summed E-state index contributed by atoms with van der Waals surface area (Å²) in [5.74, 6) is 1.45. The Bertz CT molecular complexity index is 1220. The molecule has 0 N–H and O–H groups in total. The van der Waals surface area contributed by atoms with Gasteiger partial charge in [-0.1, -0.05) is 6.92 Å². The van der Waals surface area contributed by atoms with E-state index >= 15 is 0 Å². The quantitative estimate of drug-likeness (QED) is 0.417. The van der Waals surface area contributed by atoms with Gasteiger partial charge in [-0.25, -0.2) is 19.7 Å². The number of thiazole rings is 1. The second-order valence-corrected chi connectivity index (χ2v) is 11.2. The highest BCUT2D eigenvalue weighted by molar-refractivity contribution is 7.98. The van der Waals surface area contributed by atoms with Gasteiger partial charge in [0.1, 0.15) is 12.4 Å². The van der Waals surface area contributed by atoms with Gasteiger partial charge >= 0.3 is 6.09 Å². The van der Waals surface area contributed by atoms with Crippen molar-refractivity contribution < 1.29 is 14.3 Å². The molecule has 2 aromatic heterocycles. The monoisotopic (exact) mass is 511 g/mol. The number of ether oxygens (including phenoxy) is 1. The number of aryl methyl sites for hydroxylation is 2. The minimum Gasteiger partial charge on any atom is -0.447 e. The zero-order valence-corrected chi connectivity index (χ0v) is 21.6. The molecule has 0 aliphatic carbocycles. The van der Waals surface area contributed by atoms with E-state index in [1.54, 1.807) is 28.0 Å². The third-order valence-electron chi connectivity index (χ3n) is 6.71. The Hall–Kier alpha value is -2.72. The predicted octanol–water partition coefficient (Wildman–Crippen LogP) is 4.29. The number of piperazine rings is 1. The molecule has 8 nitrogen and oxygen atoms in total. The molecule has 0 bridgehead atoms. The van der Waals surface area contributed by atoms with E-state index in [0.29, 0.717) is 37.7 Å². The first-order valence-electron chi connectivity index (χ1n) is 12.0. The SMILES string of the molecule is CSc1cnc(CC[C@H](C)CCc2nc3ccc(C(=O)N4CCN5C(=O)OCC5C4)cc3s2)nc1. The third-order valence-corrected chi connectivity index (χ3v) is 8.47. The van der Waals surface area contributed by atoms with E-state index in [1.807, 2.05) is 41.7 Å². The van der Waals surface area contributed by atoms with Crippen molar-refractivity contribution in [3.63, 3.8) is 0 Å². The van der Waals surface area contributed by atoms with E-state index in [-0.39, 0.29) is 18.0 Å². The number of rotatable bonds is 8. The summed E-state index contributed by atoms with van der Waals surface area (Å²) in [7, 11) is 0. The second-order valence-electron chi connectivity index (χ2n) is 9.19. The molecule has 4 heterocycles. The predicted molar refractivity (Wildman–Crippen MR) is 137 cm³/mol. The molecule has 0 spiro atoms. The number of hydrogen-bond acceptors (Lipinski definition) is 8. The fraction of sp³-hybridized carbons (Fsp3) is 0.480. The van der Waals surface area contributed by atoms with Gasteiger partial charge in [-0.05, 0) is 49.6 Å². The summed E-state index contributed by atoms with van der Waals surface area (Å²) in [4.78, 5) is 43.1. The van der Waals surface area contributed by atoms with Crippen LogP contribution in [-0.4, -0.2) is 75.3 Å². The minimum absolute atomic E-state index is 0.00209. The lowest BCUT2D eigenvalue weighted by molar-refractivity contribution is 0.0617. The summed E-state index contributed by atoms with van der Waals surface area (Å²) in [6.07, 6.45) is 9.45. The number of carbonyl (C=O) groups is 2. The topological polar surface area (TPSA) is 88.5 Å². The molecule has 0 saturated carbocycles. The van der Waals surface area contributed by atoms with Gasteiger partial charge in [0.25, 0.3) is 5.91 Å². The molecule has 3 aromatic rings. The maximum Gasteiger partial charge on any atom is 0.410 e. The van der Waals surface area contributed by atoms with Gasteiger partial charge in [0.15, 0.2) is 0 Å². The van der Waals surface area contributed by atoms with Crippen LogP contribution in [0.3, 0.4) is 0 Å². The molecule has 5 rings (SSSR count). The molecule has 2 aliphatic heterocycles. The number of hydrogen-bond donors (Lipinski definition) is 0. The van der Waals surface area contributed by atoms with Crippen molar-refractivity contribution in [2.75, 3.05) is 32.5 Å². The normalized spacial score (nSPS) is 18.6. The van der Waals surface area contributed by atoms with Crippen molar-refractivity contribution in [3.8, 4) is 0 Å². The van der Waals surface area contributed by atoms with Gasteiger partial charge in [0.2, 0.25) is 0 Å². The van der Waals surface area contributed by atoms with Gasteiger partial charge in [0, 0.05) is 48.9 Å². The van der Waals surface area contributed by atoms with Crippen LogP contribution >= 0.6 is 23.1 Å². The van der Waals surface area contributed by atoms with E-state index in [4.69, 9.17) is 9.72 Å². The van der Waals surface area contributed by atoms with Crippen LogP contribution in [0.15, 0.2) is 35.5 Å². The van der Waals surface area contributed by atoms with Crippen molar-refractivity contribution in [2.24, 2.45) is 5.92 Å². The highest BCUT2D eigenvalue weighted by atomic mass is 32.2. The summed E-state index contributed by atoms with van der Waals surface area (Å²) in [6.45, 7) is 4.19. The number of thioether (sulfide) groups is 1. The fourth-order valence-electron chi connectivity index (χ4n) is 4.54. The number of amides is 2. The smallest absolute Gasteiger partial charge is 0.410 e. The van der Waals surface area contributed by atoms with Crippen LogP contribution in [-0.2, 0) is 17.6 Å². The fourth-order valence-corrected chi connectivity index (χ4v) is 5.87. The van der Waals surface area contributed by atoms with Crippen molar-refractivity contribution in [1.82, 2.24) is 24.8 Å². The number of cyclic esters (lactones) is 1. The Kier molecular flexibility index (Phi) is 7.19. The average molecular weight is 512 g/mol. The van der Waals surface area contributed by atoms with Crippen LogP contribution in [0.2, 0.25) is 0 Å². The van der Waals surface area contributed by atoms with Crippen LogP contribution < -0.4 is 0 Å². The summed E-state index contributed by atoms with van der Waals surface area (Å²) >= 11 is 3.32. The van der Waals surface area contributed by atoms with Crippen LogP contribution in [0.25, 0.3) is 10.2 Å². The highest BCUT2D eigenvalue weighted by Crippen LogP contribution is 2.27. The number of aromatic nitrogens is 3. The van der Waals surface area contributed by atoms with Crippen LogP contribution in [0.5, 0.6) is 0 Å². The summed E-state index contributed by atoms with van der Waals surface area (Å²) in [6, 6.07) is 5.73. The Morgan fingerprint density at radius 1 is 1.23 bits per heavy atom. The van der Waals surface area contributed by atoms with Gasteiger partial charge in [0.05, 0.1) is 21.3 Å². The summed E-state index contributed by atoms with van der Waals surface area (Å²) in [5, 5.41) is 1.10. The van der Waals surface area contributed by atoms with Crippen LogP contribution in [0.4, 0.5) is 4.79 Å². The first kappa shape index (κ1) is 24.0. The molecule has 2 amide bonds.